The summed E-state index contributed by atoms with van der Waals surface area (Å²) in [5.74, 6) is 1.28. The third-order valence-electron chi connectivity index (χ3n) is 5.38. The van der Waals surface area contributed by atoms with Gasteiger partial charge < -0.3 is 14.8 Å². The lowest BCUT2D eigenvalue weighted by Gasteiger charge is -2.31. The molecular weight excluding hydrogens is 292 g/mol. The number of hydrogen-bond donors (Lipinski definition) is 1. The van der Waals surface area contributed by atoms with E-state index in [1.165, 1.54) is 36.6 Å². The van der Waals surface area contributed by atoms with E-state index in [0.29, 0.717) is 31.3 Å². The SMILES string of the molecule is C[C@@H]1CCCC[C@@H]1CNC(=O)N1CCc2c(ncn(C)c2=O)C1. The molecule has 0 spiro atoms. The van der Waals surface area contributed by atoms with Gasteiger partial charge in [0.05, 0.1) is 18.6 Å². The number of urea groups is 1. The summed E-state index contributed by atoms with van der Waals surface area (Å²) in [4.78, 5) is 30.6. The molecule has 1 saturated carbocycles. The van der Waals surface area contributed by atoms with Crippen molar-refractivity contribution >= 4 is 6.03 Å². The van der Waals surface area contributed by atoms with Crippen LogP contribution in [0.1, 0.15) is 43.9 Å². The summed E-state index contributed by atoms with van der Waals surface area (Å²) in [5.41, 5.74) is 1.49. The fraction of sp³-hybridized carbons (Fsp3) is 0.706. The number of carbonyl (C=O) groups excluding carboxylic acids is 1. The van der Waals surface area contributed by atoms with E-state index in [9.17, 15) is 9.59 Å². The molecule has 1 aromatic rings. The Morgan fingerprint density at radius 3 is 2.96 bits per heavy atom. The van der Waals surface area contributed by atoms with E-state index in [2.05, 4.69) is 17.2 Å². The minimum absolute atomic E-state index is 0.00564. The number of hydrogen-bond acceptors (Lipinski definition) is 3. The first-order valence-electron chi connectivity index (χ1n) is 8.62. The molecule has 0 bridgehead atoms. The molecule has 1 aliphatic heterocycles. The average Bonchev–Trinajstić information content (AvgIpc) is 2.57. The first kappa shape index (κ1) is 16.0. The molecule has 2 atom stereocenters. The van der Waals surface area contributed by atoms with Gasteiger partial charge in [-0.1, -0.05) is 26.2 Å². The Bertz CT molecular complexity index is 640. The van der Waals surface area contributed by atoms with Gasteiger partial charge in [-0.15, -0.1) is 0 Å². The van der Waals surface area contributed by atoms with Crippen molar-refractivity contribution in [3.63, 3.8) is 0 Å². The zero-order valence-corrected chi connectivity index (χ0v) is 14.0. The van der Waals surface area contributed by atoms with E-state index in [4.69, 9.17) is 0 Å². The summed E-state index contributed by atoms with van der Waals surface area (Å²) < 4.78 is 1.50. The molecule has 23 heavy (non-hydrogen) atoms. The third-order valence-corrected chi connectivity index (χ3v) is 5.38. The maximum Gasteiger partial charge on any atom is 0.317 e. The summed E-state index contributed by atoms with van der Waals surface area (Å²) in [6.07, 6.45) is 7.19. The van der Waals surface area contributed by atoms with Crippen LogP contribution >= 0.6 is 0 Å². The van der Waals surface area contributed by atoms with Gasteiger partial charge in [-0.2, -0.15) is 0 Å². The Labute approximate surface area is 136 Å². The Kier molecular flexibility index (Phi) is 4.68. The van der Waals surface area contributed by atoms with Crippen LogP contribution in [0.25, 0.3) is 0 Å². The molecule has 0 radical (unpaired) electrons. The van der Waals surface area contributed by atoms with Crippen molar-refractivity contribution in [3.05, 3.63) is 27.9 Å². The average molecular weight is 318 g/mol. The van der Waals surface area contributed by atoms with Gasteiger partial charge in [0.15, 0.2) is 0 Å². The number of rotatable bonds is 2. The molecule has 1 N–H and O–H groups in total. The van der Waals surface area contributed by atoms with Gasteiger partial charge in [0.2, 0.25) is 0 Å². The Morgan fingerprint density at radius 2 is 2.17 bits per heavy atom. The van der Waals surface area contributed by atoms with Gasteiger partial charge in [0.25, 0.3) is 5.56 Å². The van der Waals surface area contributed by atoms with E-state index >= 15 is 0 Å². The van der Waals surface area contributed by atoms with Gasteiger partial charge in [-0.25, -0.2) is 9.78 Å². The van der Waals surface area contributed by atoms with Crippen molar-refractivity contribution < 1.29 is 4.79 Å². The number of aryl methyl sites for hydroxylation is 1. The molecule has 3 rings (SSSR count). The smallest absolute Gasteiger partial charge is 0.317 e. The summed E-state index contributed by atoms with van der Waals surface area (Å²) >= 11 is 0. The maximum atomic E-state index is 12.4. The maximum absolute atomic E-state index is 12.4. The van der Waals surface area contributed by atoms with Gasteiger partial charge in [-0.3, -0.25) is 4.79 Å². The van der Waals surface area contributed by atoms with Crippen LogP contribution in [0, 0.1) is 11.8 Å². The van der Waals surface area contributed by atoms with Crippen molar-refractivity contribution in [1.82, 2.24) is 19.8 Å². The largest absolute Gasteiger partial charge is 0.338 e. The molecule has 0 saturated heterocycles. The zero-order valence-electron chi connectivity index (χ0n) is 14.0. The highest BCUT2D eigenvalue weighted by Gasteiger charge is 2.26. The van der Waals surface area contributed by atoms with Crippen LogP contribution in [0.4, 0.5) is 4.79 Å². The second-order valence-electron chi connectivity index (χ2n) is 6.97. The van der Waals surface area contributed by atoms with E-state index in [-0.39, 0.29) is 11.6 Å². The quantitative estimate of drug-likeness (QED) is 0.902. The number of amides is 2. The van der Waals surface area contributed by atoms with Crippen molar-refractivity contribution in [2.75, 3.05) is 13.1 Å². The minimum atomic E-state index is -0.0316. The lowest BCUT2D eigenvalue weighted by atomic mass is 9.80. The van der Waals surface area contributed by atoms with E-state index in [1.54, 1.807) is 11.9 Å². The van der Waals surface area contributed by atoms with Crippen LogP contribution < -0.4 is 10.9 Å². The molecule has 1 fully saturated rings. The second kappa shape index (κ2) is 6.72. The highest BCUT2D eigenvalue weighted by atomic mass is 16.2. The van der Waals surface area contributed by atoms with Crippen LogP contribution in [-0.2, 0) is 20.0 Å². The molecular formula is C17H26N4O2. The van der Waals surface area contributed by atoms with Crippen molar-refractivity contribution in [1.29, 1.82) is 0 Å². The number of aromatic nitrogens is 2. The number of fused-ring (bicyclic) bond motifs is 1. The summed E-state index contributed by atoms with van der Waals surface area (Å²) in [5, 5.41) is 3.09. The molecule has 1 aliphatic carbocycles. The van der Waals surface area contributed by atoms with E-state index in [0.717, 1.165) is 17.8 Å². The van der Waals surface area contributed by atoms with Crippen LogP contribution in [0.3, 0.4) is 0 Å². The van der Waals surface area contributed by atoms with Gasteiger partial charge >= 0.3 is 6.03 Å². The highest BCUT2D eigenvalue weighted by Crippen LogP contribution is 2.28. The number of carbonyl (C=O) groups is 1. The van der Waals surface area contributed by atoms with E-state index in [1.807, 2.05) is 0 Å². The number of nitrogens with zero attached hydrogens (tertiary/aromatic N) is 3. The van der Waals surface area contributed by atoms with E-state index < -0.39 is 0 Å². The van der Waals surface area contributed by atoms with Crippen LogP contribution in [-0.4, -0.2) is 33.6 Å². The Hall–Kier alpha value is -1.85. The molecule has 0 unspecified atom stereocenters. The van der Waals surface area contributed by atoms with Crippen molar-refractivity contribution in [3.8, 4) is 0 Å². The van der Waals surface area contributed by atoms with Gasteiger partial charge in [0.1, 0.15) is 0 Å². The summed E-state index contributed by atoms with van der Waals surface area (Å²) in [7, 11) is 1.71. The summed E-state index contributed by atoms with van der Waals surface area (Å²) in [6, 6.07) is -0.0316. The fourth-order valence-corrected chi connectivity index (χ4v) is 3.72. The van der Waals surface area contributed by atoms with Crippen molar-refractivity contribution in [2.45, 2.75) is 45.6 Å². The van der Waals surface area contributed by atoms with Gasteiger partial charge in [0, 0.05) is 25.7 Å². The second-order valence-corrected chi connectivity index (χ2v) is 6.97. The number of nitrogens with one attached hydrogen (secondary N) is 1. The minimum Gasteiger partial charge on any atom is -0.338 e. The third kappa shape index (κ3) is 3.41. The van der Waals surface area contributed by atoms with Crippen LogP contribution in [0.2, 0.25) is 0 Å². The molecule has 126 valence electrons. The summed E-state index contributed by atoms with van der Waals surface area (Å²) in [6.45, 7) is 4.05. The lowest BCUT2D eigenvalue weighted by Crippen LogP contribution is -2.46. The monoisotopic (exact) mass is 318 g/mol. The standard InChI is InChI=1S/C17H26N4O2/c1-12-5-3-4-6-13(12)9-18-17(23)21-8-7-14-15(10-21)19-11-20(2)16(14)22/h11-13H,3-10H2,1-2H3,(H,18,23)/t12-,13-/m1/s1. The Morgan fingerprint density at radius 1 is 1.39 bits per heavy atom. The van der Waals surface area contributed by atoms with Crippen molar-refractivity contribution in [2.24, 2.45) is 18.9 Å². The fourth-order valence-electron chi connectivity index (χ4n) is 3.72. The molecule has 1 aromatic heterocycles. The topological polar surface area (TPSA) is 67.2 Å². The highest BCUT2D eigenvalue weighted by molar-refractivity contribution is 5.74. The first-order valence-corrected chi connectivity index (χ1v) is 8.62. The van der Waals surface area contributed by atoms with Crippen LogP contribution in [0.15, 0.2) is 11.1 Å². The van der Waals surface area contributed by atoms with Crippen LogP contribution in [0.5, 0.6) is 0 Å². The molecule has 2 amide bonds. The molecule has 6 heteroatoms. The molecule has 2 heterocycles. The normalized spacial score (nSPS) is 24.2. The first-order chi connectivity index (χ1) is 11.1. The predicted molar refractivity (Wildman–Crippen MR) is 88.1 cm³/mol. The predicted octanol–water partition coefficient (Wildman–Crippen LogP) is 1.67. The molecule has 2 aliphatic rings. The van der Waals surface area contributed by atoms with Gasteiger partial charge in [-0.05, 0) is 24.7 Å². The zero-order chi connectivity index (χ0) is 16.4. The Balaban J connectivity index is 1.59. The lowest BCUT2D eigenvalue weighted by molar-refractivity contribution is 0.182. The molecule has 0 aromatic carbocycles. The molecule has 6 nitrogen and oxygen atoms in total.